The first-order valence-corrected chi connectivity index (χ1v) is 10.2. The molecule has 0 aliphatic heterocycles. The second kappa shape index (κ2) is 15.5. The Hall–Kier alpha value is -2.32. The molecule has 0 spiro atoms. The van der Waals surface area contributed by atoms with E-state index >= 15 is 0 Å². The van der Waals surface area contributed by atoms with Crippen LogP contribution in [-0.2, 0) is 0 Å². The summed E-state index contributed by atoms with van der Waals surface area (Å²) < 4.78 is 1.43. The monoisotopic (exact) mass is 543 g/mol. The Morgan fingerprint density at radius 3 is 1.60 bits per heavy atom. The molecule has 0 saturated heterocycles. The number of hydrogen-bond acceptors (Lipinski definition) is 4. The van der Waals surface area contributed by atoms with Gasteiger partial charge < -0.3 is 10.0 Å². The topological polar surface area (TPSA) is 91.8 Å². The summed E-state index contributed by atoms with van der Waals surface area (Å²) in [6, 6.07) is 9.47. The first-order chi connectivity index (χ1) is 13.6. The van der Waals surface area contributed by atoms with Gasteiger partial charge in [0.05, 0.1) is 11.1 Å². The molecular formula is C22H27Br2NO5. The number of amides is 1. The second-order valence-electron chi connectivity index (χ2n) is 5.91. The highest BCUT2D eigenvalue weighted by molar-refractivity contribution is 9.10. The number of carbonyl (C=O) groups is 4. The molecule has 30 heavy (non-hydrogen) atoms. The van der Waals surface area contributed by atoms with Crippen molar-refractivity contribution in [3.8, 4) is 0 Å². The number of halogens is 2. The van der Waals surface area contributed by atoms with Crippen LogP contribution in [0.5, 0.6) is 0 Å². The van der Waals surface area contributed by atoms with E-state index in [4.69, 9.17) is 5.11 Å². The van der Waals surface area contributed by atoms with Crippen LogP contribution in [0.3, 0.4) is 0 Å². The van der Waals surface area contributed by atoms with Gasteiger partial charge in [-0.05, 0) is 36.4 Å². The summed E-state index contributed by atoms with van der Waals surface area (Å²) in [5.74, 6) is -1.27. The lowest BCUT2D eigenvalue weighted by atomic mass is 10.1. The van der Waals surface area contributed by atoms with Gasteiger partial charge in [0.25, 0.3) is 5.91 Å². The normalized spacial score (nSPS) is 8.87. The van der Waals surface area contributed by atoms with Crippen molar-refractivity contribution >= 4 is 56.3 Å². The van der Waals surface area contributed by atoms with Crippen LogP contribution in [0.15, 0.2) is 45.3 Å². The molecule has 0 aliphatic carbocycles. The Labute approximate surface area is 194 Å². The lowest BCUT2D eigenvalue weighted by Crippen LogP contribution is -2.22. The zero-order chi connectivity index (χ0) is 22.6. The van der Waals surface area contributed by atoms with Gasteiger partial charge in [-0.25, -0.2) is 4.79 Å². The van der Waals surface area contributed by atoms with Crippen molar-refractivity contribution in [2.45, 2.75) is 27.7 Å². The maximum Gasteiger partial charge on any atom is 0.336 e. The number of carboxylic acid groups (broad SMARTS) is 1. The van der Waals surface area contributed by atoms with Gasteiger partial charge >= 0.3 is 5.97 Å². The zero-order valence-corrected chi connectivity index (χ0v) is 19.8. The minimum absolute atomic E-state index is 0. The summed E-state index contributed by atoms with van der Waals surface area (Å²) in [4.78, 5) is 44.7. The Morgan fingerprint density at radius 2 is 1.27 bits per heavy atom. The molecule has 2 aromatic carbocycles. The van der Waals surface area contributed by atoms with E-state index in [0.717, 1.165) is 4.47 Å². The van der Waals surface area contributed by atoms with Crippen molar-refractivity contribution in [2.24, 2.45) is 0 Å². The Balaban J connectivity index is 0. The van der Waals surface area contributed by atoms with E-state index in [-0.39, 0.29) is 24.5 Å². The molecule has 8 heteroatoms. The molecule has 0 atom stereocenters. The van der Waals surface area contributed by atoms with Gasteiger partial charge in [-0.2, -0.15) is 0 Å². The van der Waals surface area contributed by atoms with E-state index in [0.29, 0.717) is 28.2 Å². The number of carboxylic acids is 1. The average molecular weight is 545 g/mol. The molecule has 0 radical (unpaired) electrons. The number of benzene rings is 2. The minimum Gasteiger partial charge on any atom is -0.478 e. The quantitative estimate of drug-likeness (QED) is 0.478. The van der Waals surface area contributed by atoms with Gasteiger partial charge in [-0.1, -0.05) is 59.6 Å². The first kappa shape index (κ1) is 29.9. The van der Waals surface area contributed by atoms with Crippen LogP contribution in [0, 0.1) is 0 Å². The smallest absolute Gasteiger partial charge is 0.336 e. The SMILES string of the molecule is C.CCC.CN(C)C(=O)c1cc(Br)ccc1C=O.O=Cc1ccc(Br)cc1C(=O)O. The molecule has 0 unspecified atom stereocenters. The van der Waals surface area contributed by atoms with Crippen LogP contribution < -0.4 is 0 Å². The van der Waals surface area contributed by atoms with E-state index < -0.39 is 5.97 Å². The predicted octanol–water partition coefficient (Wildman–Crippen LogP) is 5.98. The number of carbonyl (C=O) groups excluding carboxylic acids is 3. The fourth-order valence-corrected chi connectivity index (χ4v) is 2.60. The van der Waals surface area contributed by atoms with Crippen molar-refractivity contribution in [2.75, 3.05) is 14.1 Å². The van der Waals surface area contributed by atoms with E-state index in [2.05, 4.69) is 45.7 Å². The Kier molecular flexibility index (Phi) is 15.4. The van der Waals surface area contributed by atoms with Crippen molar-refractivity contribution in [1.82, 2.24) is 4.90 Å². The molecule has 1 N–H and O–H groups in total. The molecule has 0 fully saturated rings. The third-order valence-corrected chi connectivity index (χ3v) is 4.14. The number of hydrogen-bond donors (Lipinski definition) is 1. The van der Waals surface area contributed by atoms with Crippen LogP contribution in [-0.4, -0.2) is 48.6 Å². The van der Waals surface area contributed by atoms with Crippen LogP contribution >= 0.6 is 31.9 Å². The number of aldehydes is 2. The zero-order valence-electron chi connectivity index (χ0n) is 16.6. The average Bonchev–Trinajstić information content (AvgIpc) is 2.68. The number of aromatic carboxylic acids is 1. The van der Waals surface area contributed by atoms with Gasteiger partial charge in [-0.3, -0.25) is 14.4 Å². The van der Waals surface area contributed by atoms with Crippen molar-refractivity contribution in [3.63, 3.8) is 0 Å². The molecule has 1 amide bonds. The molecule has 0 aromatic heterocycles. The van der Waals surface area contributed by atoms with Crippen LogP contribution in [0.1, 0.15) is 69.1 Å². The molecule has 2 aromatic rings. The molecule has 164 valence electrons. The van der Waals surface area contributed by atoms with Gasteiger partial charge in [-0.15, -0.1) is 0 Å². The Morgan fingerprint density at radius 1 is 0.900 bits per heavy atom. The summed E-state index contributed by atoms with van der Waals surface area (Å²) in [7, 11) is 3.30. The molecule has 0 aliphatic rings. The summed E-state index contributed by atoms with van der Waals surface area (Å²) >= 11 is 6.37. The molecule has 2 rings (SSSR count). The molecule has 6 nitrogen and oxygen atoms in total. The van der Waals surface area contributed by atoms with E-state index in [9.17, 15) is 19.2 Å². The van der Waals surface area contributed by atoms with Crippen molar-refractivity contribution in [3.05, 3.63) is 67.6 Å². The van der Waals surface area contributed by atoms with Crippen LogP contribution in [0.4, 0.5) is 0 Å². The molecular weight excluding hydrogens is 518 g/mol. The number of rotatable bonds is 4. The standard InChI is InChI=1S/C10H10BrNO2.C8H5BrO3.C3H8.CH4/c1-12(2)10(14)9-5-8(11)4-3-7(9)6-13;9-6-2-1-5(4-10)7(3-6)8(11)12;1-3-2;/h3-6H,1-2H3;1-4H,(H,11,12);3H2,1-2H3;1H4. The largest absolute Gasteiger partial charge is 0.478 e. The highest BCUT2D eigenvalue weighted by Crippen LogP contribution is 2.17. The fraction of sp³-hybridized carbons (Fsp3) is 0.273. The van der Waals surface area contributed by atoms with Crippen molar-refractivity contribution < 1.29 is 24.3 Å². The van der Waals surface area contributed by atoms with Crippen LogP contribution in [0.2, 0.25) is 0 Å². The van der Waals surface area contributed by atoms with Gasteiger partial charge in [0.15, 0.2) is 12.6 Å². The van der Waals surface area contributed by atoms with E-state index in [1.54, 1.807) is 38.4 Å². The lowest BCUT2D eigenvalue weighted by molar-refractivity contribution is 0.0693. The Bertz CT molecular complexity index is 867. The van der Waals surface area contributed by atoms with Gasteiger partial charge in [0.1, 0.15) is 0 Å². The fourth-order valence-electron chi connectivity index (χ4n) is 1.87. The second-order valence-corrected chi connectivity index (χ2v) is 7.74. The van der Waals surface area contributed by atoms with Crippen molar-refractivity contribution in [1.29, 1.82) is 0 Å². The molecule has 0 heterocycles. The summed E-state index contributed by atoms with van der Waals surface area (Å²) in [5.41, 5.74) is 1.02. The van der Waals surface area contributed by atoms with Crippen LogP contribution in [0.25, 0.3) is 0 Å². The van der Waals surface area contributed by atoms with E-state index in [1.807, 2.05) is 0 Å². The van der Waals surface area contributed by atoms with Gasteiger partial charge in [0.2, 0.25) is 0 Å². The maximum absolute atomic E-state index is 11.6. The predicted molar refractivity (Wildman–Crippen MR) is 127 cm³/mol. The third-order valence-electron chi connectivity index (χ3n) is 3.15. The summed E-state index contributed by atoms with van der Waals surface area (Å²) in [6.45, 7) is 4.25. The molecule has 0 bridgehead atoms. The minimum atomic E-state index is -1.10. The van der Waals surface area contributed by atoms with E-state index in [1.165, 1.54) is 23.5 Å². The molecule has 0 saturated carbocycles. The third kappa shape index (κ3) is 9.93. The summed E-state index contributed by atoms with van der Waals surface area (Å²) in [6.07, 6.45) is 2.46. The highest BCUT2D eigenvalue weighted by Gasteiger charge is 2.13. The summed E-state index contributed by atoms with van der Waals surface area (Å²) in [5, 5.41) is 8.64. The lowest BCUT2D eigenvalue weighted by Gasteiger charge is -2.11. The number of nitrogens with zero attached hydrogens (tertiary/aromatic N) is 1. The van der Waals surface area contributed by atoms with Gasteiger partial charge in [0, 0.05) is 34.2 Å². The maximum atomic E-state index is 11.6. The first-order valence-electron chi connectivity index (χ1n) is 8.57. The highest BCUT2D eigenvalue weighted by atomic mass is 79.9.